The Hall–Kier alpha value is -1.38. The maximum atomic E-state index is 8.23. The van der Waals surface area contributed by atoms with Crippen LogP contribution in [0.5, 0.6) is 0 Å². The van der Waals surface area contributed by atoms with Crippen LogP contribution in [-0.2, 0) is 0 Å². The lowest BCUT2D eigenvalue weighted by Gasteiger charge is -2.21. The van der Waals surface area contributed by atoms with Gasteiger partial charge in [-0.15, -0.1) is 0 Å². The minimum atomic E-state index is 0.222. The lowest BCUT2D eigenvalue weighted by molar-refractivity contribution is 0.563. The first kappa shape index (κ1) is 16.7. The summed E-state index contributed by atoms with van der Waals surface area (Å²) in [5, 5.41) is 11.8. The van der Waals surface area contributed by atoms with Crippen molar-refractivity contribution in [3.05, 3.63) is 23.9 Å². The molecule has 0 bridgehead atoms. The largest absolute Gasteiger partial charge is 0.367 e. The first-order chi connectivity index (χ1) is 9.60. The lowest BCUT2D eigenvalue weighted by Crippen LogP contribution is -2.22. The number of rotatable bonds is 9. The minimum absolute atomic E-state index is 0.222. The SMILES string of the molecule is CCCCC(CCC)Nc1ncccc1C(=N)C(C)C. The average Bonchev–Trinajstić information content (AvgIpc) is 2.44. The number of hydrogen-bond acceptors (Lipinski definition) is 3. The van der Waals surface area contributed by atoms with E-state index in [0.717, 1.165) is 17.8 Å². The normalized spacial score (nSPS) is 12.4. The molecule has 1 aromatic rings. The van der Waals surface area contributed by atoms with Crippen molar-refractivity contribution >= 4 is 11.5 Å². The highest BCUT2D eigenvalue weighted by molar-refractivity contribution is 6.03. The Balaban J connectivity index is 2.86. The molecule has 0 saturated heterocycles. The van der Waals surface area contributed by atoms with Crippen LogP contribution in [0.3, 0.4) is 0 Å². The van der Waals surface area contributed by atoms with Gasteiger partial charge in [0.1, 0.15) is 5.82 Å². The summed E-state index contributed by atoms with van der Waals surface area (Å²) in [5.74, 6) is 1.10. The highest BCUT2D eigenvalue weighted by atomic mass is 15.0. The highest BCUT2D eigenvalue weighted by Crippen LogP contribution is 2.20. The molecule has 3 nitrogen and oxygen atoms in total. The van der Waals surface area contributed by atoms with Gasteiger partial charge in [-0.3, -0.25) is 0 Å². The second-order valence-electron chi connectivity index (χ2n) is 5.74. The van der Waals surface area contributed by atoms with Crippen molar-refractivity contribution in [3.63, 3.8) is 0 Å². The Labute approximate surface area is 123 Å². The lowest BCUT2D eigenvalue weighted by atomic mass is 9.99. The molecular weight excluding hydrogens is 246 g/mol. The van der Waals surface area contributed by atoms with Crippen molar-refractivity contribution in [2.24, 2.45) is 5.92 Å². The molecule has 0 aliphatic rings. The standard InChI is InChI=1S/C17H29N3/c1-5-7-10-14(9-6-2)20-17-15(11-8-12-19-17)16(18)13(3)4/h8,11-14,18H,5-7,9-10H2,1-4H3,(H,19,20). The molecular formula is C17H29N3. The number of anilines is 1. The molecule has 3 heteroatoms. The third-order valence-electron chi connectivity index (χ3n) is 3.56. The minimum Gasteiger partial charge on any atom is -0.367 e. The summed E-state index contributed by atoms with van der Waals surface area (Å²) in [5.41, 5.74) is 1.60. The van der Waals surface area contributed by atoms with E-state index in [9.17, 15) is 0 Å². The second-order valence-corrected chi connectivity index (χ2v) is 5.74. The molecule has 1 rings (SSSR count). The van der Waals surface area contributed by atoms with E-state index in [1.165, 1.54) is 25.7 Å². The maximum Gasteiger partial charge on any atom is 0.135 e. The number of nitrogens with zero attached hydrogens (tertiary/aromatic N) is 1. The van der Waals surface area contributed by atoms with Crippen LogP contribution in [0.4, 0.5) is 5.82 Å². The van der Waals surface area contributed by atoms with E-state index < -0.39 is 0 Å². The van der Waals surface area contributed by atoms with Gasteiger partial charge < -0.3 is 10.7 Å². The summed E-state index contributed by atoms with van der Waals surface area (Å²) in [6.45, 7) is 8.55. The fourth-order valence-electron chi connectivity index (χ4n) is 2.33. The van der Waals surface area contributed by atoms with Crippen molar-refractivity contribution in [1.82, 2.24) is 4.98 Å². The maximum absolute atomic E-state index is 8.23. The number of aromatic nitrogens is 1. The molecule has 0 saturated carbocycles. The first-order valence-corrected chi connectivity index (χ1v) is 7.90. The Bertz CT molecular complexity index is 412. The van der Waals surface area contributed by atoms with E-state index >= 15 is 0 Å². The van der Waals surface area contributed by atoms with E-state index in [0.29, 0.717) is 11.8 Å². The molecule has 0 spiro atoms. The quantitative estimate of drug-likeness (QED) is 0.631. The molecule has 0 fully saturated rings. The van der Waals surface area contributed by atoms with Gasteiger partial charge in [-0.2, -0.15) is 0 Å². The second kappa shape index (κ2) is 8.72. The van der Waals surface area contributed by atoms with Crippen LogP contribution in [0.2, 0.25) is 0 Å². The number of unbranched alkanes of at least 4 members (excludes halogenated alkanes) is 1. The van der Waals surface area contributed by atoms with Crippen LogP contribution in [-0.4, -0.2) is 16.7 Å². The molecule has 0 aliphatic carbocycles. The Morgan fingerprint density at radius 1 is 1.25 bits per heavy atom. The van der Waals surface area contributed by atoms with Gasteiger partial charge >= 0.3 is 0 Å². The zero-order valence-electron chi connectivity index (χ0n) is 13.4. The number of pyridine rings is 1. The van der Waals surface area contributed by atoms with E-state index in [4.69, 9.17) is 5.41 Å². The predicted octanol–water partition coefficient (Wildman–Crippen LogP) is 4.88. The smallest absolute Gasteiger partial charge is 0.135 e. The fourth-order valence-corrected chi connectivity index (χ4v) is 2.33. The molecule has 0 radical (unpaired) electrons. The van der Waals surface area contributed by atoms with Gasteiger partial charge in [0.25, 0.3) is 0 Å². The summed E-state index contributed by atoms with van der Waals surface area (Å²) < 4.78 is 0. The highest BCUT2D eigenvalue weighted by Gasteiger charge is 2.15. The topological polar surface area (TPSA) is 48.8 Å². The molecule has 112 valence electrons. The Morgan fingerprint density at radius 3 is 2.60 bits per heavy atom. The van der Waals surface area contributed by atoms with Crippen molar-refractivity contribution in [2.75, 3.05) is 5.32 Å². The van der Waals surface area contributed by atoms with E-state index in [1.54, 1.807) is 0 Å². The monoisotopic (exact) mass is 275 g/mol. The van der Waals surface area contributed by atoms with Crippen molar-refractivity contribution in [1.29, 1.82) is 5.41 Å². The van der Waals surface area contributed by atoms with Gasteiger partial charge in [-0.05, 0) is 30.9 Å². The zero-order chi connectivity index (χ0) is 15.0. The molecule has 1 unspecified atom stereocenters. The van der Waals surface area contributed by atoms with Gasteiger partial charge in [0.2, 0.25) is 0 Å². The van der Waals surface area contributed by atoms with Crippen LogP contribution < -0.4 is 5.32 Å². The van der Waals surface area contributed by atoms with Gasteiger partial charge in [0.15, 0.2) is 0 Å². The van der Waals surface area contributed by atoms with Crippen LogP contribution in [0.1, 0.15) is 65.4 Å². The van der Waals surface area contributed by atoms with Crippen molar-refractivity contribution in [3.8, 4) is 0 Å². The molecule has 20 heavy (non-hydrogen) atoms. The van der Waals surface area contributed by atoms with Crippen LogP contribution in [0, 0.1) is 11.3 Å². The fraction of sp³-hybridized carbons (Fsp3) is 0.647. The summed E-state index contributed by atoms with van der Waals surface area (Å²) in [6, 6.07) is 4.38. The van der Waals surface area contributed by atoms with Crippen molar-refractivity contribution in [2.45, 2.75) is 65.8 Å². The Kier molecular flexibility index (Phi) is 7.27. The van der Waals surface area contributed by atoms with E-state index in [2.05, 4.69) is 38.0 Å². The molecule has 0 amide bonds. The Morgan fingerprint density at radius 2 is 2.00 bits per heavy atom. The summed E-state index contributed by atoms with van der Waals surface area (Å²) in [7, 11) is 0. The third kappa shape index (κ3) is 4.95. The molecule has 0 aromatic carbocycles. The molecule has 1 atom stereocenters. The summed E-state index contributed by atoms with van der Waals surface area (Å²) >= 11 is 0. The average molecular weight is 275 g/mol. The van der Waals surface area contributed by atoms with E-state index in [-0.39, 0.29) is 5.92 Å². The van der Waals surface area contributed by atoms with Crippen molar-refractivity contribution < 1.29 is 0 Å². The van der Waals surface area contributed by atoms with Crippen LogP contribution in [0.25, 0.3) is 0 Å². The van der Waals surface area contributed by atoms with Gasteiger partial charge in [0, 0.05) is 23.5 Å². The van der Waals surface area contributed by atoms with Crippen LogP contribution >= 0.6 is 0 Å². The number of nitrogens with one attached hydrogen (secondary N) is 2. The van der Waals surface area contributed by atoms with Gasteiger partial charge in [-0.1, -0.05) is 47.0 Å². The molecule has 1 aromatic heterocycles. The van der Waals surface area contributed by atoms with Gasteiger partial charge in [-0.25, -0.2) is 4.98 Å². The summed E-state index contributed by atoms with van der Waals surface area (Å²) in [4.78, 5) is 4.46. The molecule has 1 heterocycles. The van der Waals surface area contributed by atoms with Gasteiger partial charge in [0.05, 0.1) is 0 Å². The first-order valence-electron chi connectivity index (χ1n) is 7.90. The molecule has 0 aliphatic heterocycles. The third-order valence-corrected chi connectivity index (χ3v) is 3.56. The van der Waals surface area contributed by atoms with E-state index in [1.807, 2.05) is 18.3 Å². The number of hydrogen-bond donors (Lipinski definition) is 2. The predicted molar refractivity (Wildman–Crippen MR) is 87.7 cm³/mol. The zero-order valence-corrected chi connectivity index (χ0v) is 13.4. The summed E-state index contributed by atoms with van der Waals surface area (Å²) in [6.07, 6.45) is 7.77. The molecule has 2 N–H and O–H groups in total. The van der Waals surface area contributed by atoms with Crippen LogP contribution in [0.15, 0.2) is 18.3 Å².